The van der Waals surface area contributed by atoms with Gasteiger partial charge in [0.15, 0.2) is 0 Å². The first kappa shape index (κ1) is 13.8. The zero-order valence-corrected chi connectivity index (χ0v) is 11.2. The highest BCUT2D eigenvalue weighted by atomic mass is 32.1. The first-order valence-electron chi connectivity index (χ1n) is 5.55. The van der Waals surface area contributed by atoms with E-state index < -0.39 is 16.5 Å². The maximum Gasteiger partial charge on any atom is 0.300 e. The van der Waals surface area contributed by atoms with Crippen molar-refractivity contribution in [3.05, 3.63) is 32.9 Å². The molecule has 0 aromatic carbocycles. The number of amides is 1. The number of hydrogen-bond donors (Lipinski definition) is 2. The molecule has 0 unspecified atom stereocenters. The number of carbonyl (C=O) groups is 1. The predicted molar refractivity (Wildman–Crippen MR) is 72.5 cm³/mol. The van der Waals surface area contributed by atoms with Crippen molar-refractivity contribution >= 4 is 33.9 Å². The highest BCUT2D eigenvalue weighted by Gasteiger charge is 2.22. The van der Waals surface area contributed by atoms with Crippen LogP contribution >= 0.6 is 11.3 Å². The average Bonchev–Trinajstić information content (AvgIpc) is 2.85. The minimum absolute atomic E-state index is 0.0206. The van der Waals surface area contributed by atoms with Crippen molar-refractivity contribution in [1.82, 2.24) is 15.2 Å². The number of pyridine rings is 1. The highest BCUT2D eigenvalue weighted by Crippen LogP contribution is 2.22. The third-order valence-corrected chi connectivity index (χ3v) is 3.32. The topological polar surface area (TPSA) is 137 Å². The van der Waals surface area contributed by atoms with Crippen LogP contribution in [0.25, 0.3) is 0 Å². The second-order valence-corrected chi connectivity index (χ2v) is 4.75. The Bertz CT molecular complexity index is 671. The molecule has 0 fully saturated rings. The Hall–Kier alpha value is -2.62. The van der Waals surface area contributed by atoms with E-state index in [0.717, 1.165) is 17.3 Å². The summed E-state index contributed by atoms with van der Waals surface area (Å²) in [5.41, 5.74) is 4.86. The van der Waals surface area contributed by atoms with Gasteiger partial charge in [-0.2, -0.15) is 0 Å². The molecule has 9 nitrogen and oxygen atoms in total. The van der Waals surface area contributed by atoms with E-state index in [0.29, 0.717) is 6.42 Å². The normalized spacial score (nSPS) is 10.2. The highest BCUT2D eigenvalue weighted by molar-refractivity contribution is 7.15. The van der Waals surface area contributed by atoms with Gasteiger partial charge in [-0.3, -0.25) is 20.2 Å². The molecule has 0 spiro atoms. The summed E-state index contributed by atoms with van der Waals surface area (Å²) in [4.78, 5) is 25.8. The summed E-state index contributed by atoms with van der Waals surface area (Å²) in [7, 11) is 0. The minimum atomic E-state index is -0.696. The lowest BCUT2D eigenvalue weighted by atomic mass is 10.2. The SMILES string of the molecule is CCc1nnc(NC(=O)c2cc(N)ncc2[N+](=O)[O-])s1. The van der Waals surface area contributed by atoms with Crippen LogP contribution in [0.1, 0.15) is 22.3 Å². The van der Waals surface area contributed by atoms with E-state index in [-0.39, 0.29) is 16.5 Å². The second kappa shape index (κ2) is 5.57. The number of nitrogen functional groups attached to an aromatic ring is 1. The molecule has 0 aliphatic carbocycles. The number of rotatable bonds is 4. The molecular formula is C10H10N6O3S. The van der Waals surface area contributed by atoms with Crippen molar-refractivity contribution in [2.45, 2.75) is 13.3 Å². The average molecular weight is 294 g/mol. The summed E-state index contributed by atoms with van der Waals surface area (Å²) in [6, 6.07) is 1.15. The maximum absolute atomic E-state index is 12.0. The molecule has 104 valence electrons. The van der Waals surface area contributed by atoms with Crippen LogP contribution < -0.4 is 11.1 Å². The van der Waals surface area contributed by atoms with Gasteiger partial charge in [0.1, 0.15) is 22.6 Å². The van der Waals surface area contributed by atoms with E-state index >= 15 is 0 Å². The molecule has 0 radical (unpaired) electrons. The zero-order valence-electron chi connectivity index (χ0n) is 10.4. The lowest BCUT2D eigenvalue weighted by molar-refractivity contribution is -0.385. The summed E-state index contributed by atoms with van der Waals surface area (Å²) in [6.45, 7) is 1.90. The molecule has 1 amide bonds. The van der Waals surface area contributed by atoms with Gasteiger partial charge in [0, 0.05) is 0 Å². The lowest BCUT2D eigenvalue weighted by Crippen LogP contribution is -2.14. The predicted octanol–water partition coefficient (Wildman–Crippen LogP) is 1.24. The van der Waals surface area contributed by atoms with Crippen LogP contribution in [-0.4, -0.2) is 26.0 Å². The number of nitrogens with two attached hydrogens (primary N) is 1. The zero-order chi connectivity index (χ0) is 14.7. The Balaban J connectivity index is 2.28. The summed E-state index contributed by atoms with van der Waals surface area (Å²) < 4.78 is 0. The van der Waals surface area contributed by atoms with Crippen LogP contribution in [0.2, 0.25) is 0 Å². The largest absolute Gasteiger partial charge is 0.384 e. The smallest absolute Gasteiger partial charge is 0.300 e. The number of aromatic nitrogens is 3. The standard InChI is InChI=1S/C10H10N6O3S/c1-2-8-14-15-10(20-8)13-9(17)5-3-7(11)12-4-6(5)16(18)19/h3-4H,2H2,1H3,(H2,11,12)(H,13,15,17). The number of hydrogen-bond acceptors (Lipinski definition) is 8. The maximum atomic E-state index is 12.0. The fourth-order valence-electron chi connectivity index (χ4n) is 1.40. The fourth-order valence-corrected chi connectivity index (χ4v) is 2.08. The summed E-state index contributed by atoms with van der Waals surface area (Å²) in [6.07, 6.45) is 1.64. The van der Waals surface area contributed by atoms with Crippen molar-refractivity contribution < 1.29 is 9.72 Å². The van der Waals surface area contributed by atoms with E-state index in [1.807, 2.05) is 6.92 Å². The Labute approximate surface area is 117 Å². The Kier molecular flexibility index (Phi) is 3.84. The van der Waals surface area contributed by atoms with E-state index in [9.17, 15) is 14.9 Å². The molecule has 0 aliphatic heterocycles. The molecule has 0 aliphatic rings. The quantitative estimate of drug-likeness (QED) is 0.639. The van der Waals surface area contributed by atoms with Crippen LogP contribution in [0.4, 0.5) is 16.6 Å². The molecule has 2 aromatic heterocycles. The molecule has 3 N–H and O–H groups in total. The lowest BCUT2D eigenvalue weighted by Gasteiger charge is -2.03. The first-order chi connectivity index (χ1) is 9.51. The van der Waals surface area contributed by atoms with Crippen LogP contribution in [0.5, 0.6) is 0 Å². The van der Waals surface area contributed by atoms with Crippen LogP contribution in [0, 0.1) is 10.1 Å². The minimum Gasteiger partial charge on any atom is -0.384 e. The number of anilines is 2. The van der Waals surface area contributed by atoms with Gasteiger partial charge in [-0.05, 0) is 12.5 Å². The molecule has 10 heteroatoms. The van der Waals surface area contributed by atoms with E-state index in [2.05, 4.69) is 20.5 Å². The second-order valence-electron chi connectivity index (χ2n) is 3.69. The van der Waals surface area contributed by atoms with Gasteiger partial charge in [0.05, 0.1) is 4.92 Å². The van der Waals surface area contributed by atoms with E-state index in [1.165, 1.54) is 11.3 Å². The summed E-state index contributed by atoms with van der Waals surface area (Å²) in [5.74, 6) is -0.656. The fraction of sp³-hybridized carbons (Fsp3) is 0.200. The summed E-state index contributed by atoms with van der Waals surface area (Å²) >= 11 is 1.20. The third kappa shape index (κ3) is 2.85. The monoisotopic (exact) mass is 294 g/mol. The molecule has 0 saturated heterocycles. The molecular weight excluding hydrogens is 284 g/mol. The molecule has 2 heterocycles. The van der Waals surface area contributed by atoms with E-state index in [1.54, 1.807) is 0 Å². The number of carbonyl (C=O) groups excluding carboxylic acids is 1. The van der Waals surface area contributed by atoms with Gasteiger partial charge in [-0.1, -0.05) is 18.3 Å². The van der Waals surface area contributed by atoms with Crippen molar-refractivity contribution in [3.63, 3.8) is 0 Å². The van der Waals surface area contributed by atoms with E-state index in [4.69, 9.17) is 5.73 Å². The van der Waals surface area contributed by atoms with Gasteiger partial charge < -0.3 is 5.73 Å². The molecule has 20 heavy (non-hydrogen) atoms. The Morgan fingerprint density at radius 2 is 2.30 bits per heavy atom. The van der Waals surface area contributed by atoms with Gasteiger partial charge in [-0.25, -0.2) is 4.98 Å². The molecule has 2 rings (SSSR count). The molecule has 0 atom stereocenters. The van der Waals surface area contributed by atoms with Gasteiger partial charge in [-0.15, -0.1) is 10.2 Å². The van der Waals surface area contributed by atoms with Gasteiger partial charge >= 0.3 is 0 Å². The summed E-state index contributed by atoms with van der Waals surface area (Å²) in [5, 5.41) is 22.0. The number of aryl methyl sites for hydroxylation is 1. The van der Waals surface area contributed by atoms with Crippen molar-refractivity contribution in [3.8, 4) is 0 Å². The first-order valence-corrected chi connectivity index (χ1v) is 6.36. The molecule has 0 saturated carbocycles. The number of nitrogens with zero attached hydrogens (tertiary/aromatic N) is 4. The molecule has 0 bridgehead atoms. The van der Waals surface area contributed by atoms with Crippen molar-refractivity contribution in [2.75, 3.05) is 11.1 Å². The van der Waals surface area contributed by atoms with Crippen LogP contribution in [-0.2, 0) is 6.42 Å². The van der Waals surface area contributed by atoms with Gasteiger partial charge in [0.25, 0.3) is 11.6 Å². The molecule has 2 aromatic rings. The Morgan fingerprint density at radius 1 is 1.55 bits per heavy atom. The van der Waals surface area contributed by atoms with Crippen LogP contribution in [0.3, 0.4) is 0 Å². The van der Waals surface area contributed by atoms with Crippen molar-refractivity contribution in [1.29, 1.82) is 0 Å². The Morgan fingerprint density at radius 3 is 2.90 bits per heavy atom. The number of nitro groups is 1. The van der Waals surface area contributed by atoms with Crippen molar-refractivity contribution in [2.24, 2.45) is 0 Å². The van der Waals surface area contributed by atoms with Gasteiger partial charge in [0.2, 0.25) is 5.13 Å². The van der Waals surface area contributed by atoms with Crippen LogP contribution in [0.15, 0.2) is 12.3 Å². The third-order valence-electron chi connectivity index (χ3n) is 2.34. The number of nitrogens with one attached hydrogen (secondary N) is 1.